The average molecular weight is 281 g/mol. The highest BCUT2D eigenvalue weighted by atomic mass is 19.1. The zero-order valence-corrected chi connectivity index (χ0v) is 13.6. The minimum absolute atomic E-state index is 0.0371. The fourth-order valence-corrected chi connectivity index (χ4v) is 1.78. The van der Waals surface area contributed by atoms with Crippen molar-refractivity contribution in [2.75, 3.05) is 5.32 Å². The lowest BCUT2D eigenvalue weighted by molar-refractivity contribution is 0.417. The van der Waals surface area contributed by atoms with Gasteiger partial charge in [0.25, 0.3) is 0 Å². The van der Waals surface area contributed by atoms with Crippen molar-refractivity contribution in [3.8, 4) is 0 Å². The van der Waals surface area contributed by atoms with E-state index in [1.54, 1.807) is 12.3 Å². The molecule has 0 unspecified atom stereocenters. The summed E-state index contributed by atoms with van der Waals surface area (Å²) in [7, 11) is 0. The van der Waals surface area contributed by atoms with Crippen LogP contribution in [0.1, 0.15) is 59.9 Å². The van der Waals surface area contributed by atoms with Crippen LogP contribution in [-0.4, -0.2) is 16.1 Å². The molecule has 2 N–H and O–H groups in total. The van der Waals surface area contributed by atoms with Gasteiger partial charge in [0.15, 0.2) is 11.6 Å². The van der Waals surface area contributed by atoms with Crippen molar-refractivity contribution in [1.82, 2.24) is 10.3 Å². The first-order valence-corrected chi connectivity index (χ1v) is 7.37. The predicted molar refractivity (Wildman–Crippen MR) is 83.4 cm³/mol. The maximum Gasteiger partial charge on any atom is 0.169 e. The molecule has 0 saturated heterocycles. The second-order valence-electron chi connectivity index (χ2n) is 6.63. The number of pyridine rings is 1. The topological polar surface area (TPSA) is 37.0 Å². The Morgan fingerprint density at radius 2 is 1.75 bits per heavy atom. The molecule has 1 heterocycles. The molecule has 0 saturated carbocycles. The van der Waals surface area contributed by atoms with E-state index in [1.807, 2.05) is 0 Å². The molecule has 20 heavy (non-hydrogen) atoms. The van der Waals surface area contributed by atoms with Gasteiger partial charge in [0.05, 0.1) is 0 Å². The SMILES string of the molecule is CCC(C)(CC)Nc1nccc(CNC(C)(C)C)c1F. The first-order chi connectivity index (χ1) is 9.21. The molecular weight excluding hydrogens is 253 g/mol. The quantitative estimate of drug-likeness (QED) is 0.824. The Morgan fingerprint density at radius 1 is 1.15 bits per heavy atom. The third-order valence-corrected chi connectivity index (χ3v) is 3.76. The van der Waals surface area contributed by atoms with Crippen LogP contribution in [0, 0.1) is 5.82 Å². The van der Waals surface area contributed by atoms with Crippen molar-refractivity contribution in [2.24, 2.45) is 0 Å². The van der Waals surface area contributed by atoms with Crippen LogP contribution in [0.3, 0.4) is 0 Å². The lowest BCUT2D eigenvalue weighted by atomic mass is 9.95. The van der Waals surface area contributed by atoms with E-state index < -0.39 is 0 Å². The predicted octanol–water partition coefficient (Wildman–Crippen LogP) is 4.10. The van der Waals surface area contributed by atoms with Crippen molar-refractivity contribution in [1.29, 1.82) is 0 Å². The van der Waals surface area contributed by atoms with Crippen LogP contribution >= 0.6 is 0 Å². The molecule has 1 aromatic rings. The molecule has 4 heteroatoms. The molecule has 0 amide bonds. The summed E-state index contributed by atoms with van der Waals surface area (Å²) >= 11 is 0. The fraction of sp³-hybridized carbons (Fsp3) is 0.688. The third-order valence-electron chi connectivity index (χ3n) is 3.76. The summed E-state index contributed by atoms with van der Waals surface area (Å²) in [5.41, 5.74) is 0.487. The highest BCUT2D eigenvalue weighted by molar-refractivity contribution is 5.42. The molecule has 1 rings (SSSR count). The Labute approximate surface area is 122 Å². The van der Waals surface area contributed by atoms with Crippen molar-refractivity contribution >= 4 is 5.82 Å². The van der Waals surface area contributed by atoms with E-state index in [1.165, 1.54) is 0 Å². The molecule has 0 aliphatic rings. The summed E-state index contributed by atoms with van der Waals surface area (Å²) in [6, 6.07) is 1.73. The smallest absolute Gasteiger partial charge is 0.169 e. The number of nitrogens with zero attached hydrogens (tertiary/aromatic N) is 1. The summed E-state index contributed by atoms with van der Waals surface area (Å²) in [5.74, 6) is 0.0989. The van der Waals surface area contributed by atoms with E-state index in [9.17, 15) is 4.39 Å². The number of hydrogen-bond acceptors (Lipinski definition) is 3. The molecule has 0 fully saturated rings. The summed E-state index contributed by atoms with van der Waals surface area (Å²) in [4.78, 5) is 4.15. The first kappa shape index (κ1) is 16.9. The van der Waals surface area contributed by atoms with E-state index in [0.29, 0.717) is 17.9 Å². The largest absolute Gasteiger partial charge is 0.362 e. The first-order valence-electron chi connectivity index (χ1n) is 7.37. The van der Waals surface area contributed by atoms with Gasteiger partial charge in [-0.2, -0.15) is 0 Å². The Balaban J connectivity index is 2.90. The van der Waals surface area contributed by atoms with Crippen LogP contribution in [0.2, 0.25) is 0 Å². The minimum atomic E-state index is -0.252. The van der Waals surface area contributed by atoms with Crippen LogP contribution in [-0.2, 0) is 6.54 Å². The molecule has 0 aliphatic heterocycles. The zero-order chi connectivity index (χ0) is 15.4. The van der Waals surface area contributed by atoms with Crippen LogP contribution in [0.4, 0.5) is 10.2 Å². The molecule has 3 nitrogen and oxygen atoms in total. The van der Waals surface area contributed by atoms with Crippen LogP contribution in [0.15, 0.2) is 12.3 Å². The lowest BCUT2D eigenvalue weighted by Crippen LogP contribution is -2.36. The summed E-state index contributed by atoms with van der Waals surface area (Å²) in [6.45, 7) is 13.0. The number of rotatable bonds is 6. The Morgan fingerprint density at radius 3 is 2.25 bits per heavy atom. The molecular formula is C16H28FN3. The van der Waals surface area contributed by atoms with Crippen molar-refractivity contribution in [3.63, 3.8) is 0 Å². The lowest BCUT2D eigenvalue weighted by Gasteiger charge is -2.29. The maximum atomic E-state index is 14.5. The third kappa shape index (κ3) is 4.75. The molecule has 0 bridgehead atoms. The normalized spacial score (nSPS) is 12.6. The average Bonchev–Trinajstić information content (AvgIpc) is 2.38. The van der Waals surface area contributed by atoms with Crippen LogP contribution in [0.5, 0.6) is 0 Å². The minimum Gasteiger partial charge on any atom is -0.362 e. The molecule has 0 spiro atoms. The monoisotopic (exact) mass is 281 g/mol. The van der Waals surface area contributed by atoms with Gasteiger partial charge in [-0.05, 0) is 46.6 Å². The molecule has 0 aliphatic carbocycles. The summed E-state index contributed by atoms with van der Waals surface area (Å²) in [5, 5.41) is 6.55. The van der Waals surface area contributed by atoms with Crippen molar-refractivity contribution in [2.45, 2.75) is 72.0 Å². The molecule has 114 valence electrons. The second kappa shape index (κ2) is 6.53. The van der Waals surface area contributed by atoms with Gasteiger partial charge in [-0.1, -0.05) is 13.8 Å². The Hall–Kier alpha value is -1.16. The van der Waals surface area contributed by atoms with Crippen molar-refractivity contribution < 1.29 is 4.39 Å². The molecule has 0 atom stereocenters. The highest BCUT2D eigenvalue weighted by Gasteiger charge is 2.22. The van der Waals surface area contributed by atoms with E-state index in [-0.39, 0.29) is 16.9 Å². The number of nitrogens with one attached hydrogen (secondary N) is 2. The van der Waals surface area contributed by atoms with E-state index >= 15 is 0 Å². The molecule has 0 radical (unpaired) electrons. The number of aromatic nitrogens is 1. The molecule has 0 aromatic carbocycles. The second-order valence-corrected chi connectivity index (χ2v) is 6.63. The zero-order valence-electron chi connectivity index (χ0n) is 13.6. The number of hydrogen-bond donors (Lipinski definition) is 2. The van der Waals surface area contributed by atoms with Gasteiger partial charge in [0.2, 0.25) is 0 Å². The van der Waals surface area contributed by atoms with E-state index in [2.05, 4.69) is 57.2 Å². The number of halogens is 1. The Kier molecular flexibility index (Phi) is 5.51. The van der Waals surface area contributed by atoms with Gasteiger partial charge in [-0.3, -0.25) is 0 Å². The standard InChI is InChI=1S/C16H28FN3/c1-7-16(6,8-2)20-14-13(17)12(9-10-18-14)11-19-15(3,4)5/h9-10,19H,7-8,11H2,1-6H3,(H,18,20). The fourth-order valence-electron chi connectivity index (χ4n) is 1.78. The summed E-state index contributed by atoms with van der Waals surface area (Å²) in [6.07, 6.45) is 3.51. The summed E-state index contributed by atoms with van der Waals surface area (Å²) < 4.78 is 14.5. The number of anilines is 1. The van der Waals surface area contributed by atoms with Gasteiger partial charge in [0.1, 0.15) is 0 Å². The van der Waals surface area contributed by atoms with Gasteiger partial charge in [-0.15, -0.1) is 0 Å². The highest BCUT2D eigenvalue weighted by Crippen LogP contribution is 2.23. The maximum absolute atomic E-state index is 14.5. The van der Waals surface area contributed by atoms with Gasteiger partial charge in [-0.25, -0.2) is 9.37 Å². The van der Waals surface area contributed by atoms with Gasteiger partial charge < -0.3 is 10.6 Å². The van der Waals surface area contributed by atoms with Crippen LogP contribution in [0.25, 0.3) is 0 Å². The van der Waals surface area contributed by atoms with Crippen LogP contribution < -0.4 is 10.6 Å². The Bertz CT molecular complexity index is 434. The molecule has 1 aromatic heterocycles. The van der Waals surface area contributed by atoms with Crippen molar-refractivity contribution in [3.05, 3.63) is 23.6 Å². The van der Waals surface area contributed by atoms with Gasteiger partial charge >= 0.3 is 0 Å². The van der Waals surface area contributed by atoms with Gasteiger partial charge in [0, 0.05) is 29.4 Å². The van der Waals surface area contributed by atoms with E-state index in [4.69, 9.17) is 0 Å². The van der Waals surface area contributed by atoms with E-state index in [0.717, 1.165) is 12.8 Å².